The van der Waals surface area contributed by atoms with Crippen molar-refractivity contribution in [2.45, 2.75) is 6.92 Å². The number of rotatable bonds is 6. The molecule has 27 heavy (non-hydrogen) atoms. The molecule has 3 aromatic rings. The van der Waals surface area contributed by atoms with Gasteiger partial charge in [0.1, 0.15) is 5.69 Å². The summed E-state index contributed by atoms with van der Waals surface area (Å²) in [5, 5.41) is 10.9. The number of hydrogen-bond donors (Lipinski definition) is 2. The summed E-state index contributed by atoms with van der Waals surface area (Å²) in [7, 11) is 3.13. The van der Waals surface area contributed by atoms with Crippen LogP contribution in [0, 0.1) is 6.92 Å². The highest BCUT2D eigenvalue weighted by atomic mass is 16.5. The van der Waals surface area contributed by atoms with Gasteiger partial charge >= 0.3 is 0 Å². The summed E-state index contributed by atoms with van der Waals surface area (Å²) < 4.78 is 10.4. The highest BCUT2D eigenvalue weighted by molar-refractivity contribution is 5.94. The molecule has 2 aromatic carbocycles. The molecule has 0 aliphatic carbocycles. The number of hydrazone groups is 1. The predicted octanol–water partition coefficient (Wildman–Crippen LogP) is 3.17. The number of carbonyl (C=O) groups is 1. The first-order valence-electron chi connectivity index (χ1n) is 8.28. The van der Waals surface area contributed by atoms with Crippen LogP contribution in [0.1, 0.15) is 21.6 Å². The highest BCUT2D eigenvalue weighted by Crippen LogP contribution is 2.26. The van der Waals surface area contributed by atoms with Crippen LogP contribution in [0.2, 0.25) is 0 Å². The van der Waals surface area contributed by atoms with E-state index < -0.39 is 0 Å². The number of ether oxygens (including phenoxy) is 2. The van der Waals surface area contributed by atoms with Crippen molar-refractivity contribution < 1.29 is 14.3 Å². The average Bonchev–Trinajstić information content (AvgIpc) is 3.18. The Labute approximate surface area is 157 Å². The van der Waals surface area contributed by atoms with Gasteiger partial charge in [-0.05, 0) is 36.8 Å². The molecule has 0 spiro atoms. The standard InChI is InChI=1S/C20H20N4O3/c1-13-4-7-15(8-5-13)16-11-17(23-22-16)20(25)24-21-12-14-6-9-18(26-2)19(10-14)27-3/h4-12H,1-3H3,(H,22,23)(H,24,25)/b21-12+. The Bertz CT molecular complexity index is 962. The number of methoxy groups -OCH3 is 2. The van der Waals surface area contributed by atoms with Gasteiger partial charge in [-0.25, -0.2) is 5.43 Å². The minimum absolute atomic E-state index is 0.329. The molecule has 0 saturated heterocycles. The molecule has 0 radical (unpaired) electrons. The quantitative estimate of drug-likeness (QED) is 0.519. The number of aromatic nitrogens is 2. The van der Waals surface area contributed by atoms with Gasteiger partial charge < -0.3 is 9.47 Å². The van der Waals surface area contributed by atoms with Crippen LogP contribution in [-0.2, 0) is 0 Å². The number of aryl methyl sites for hydroxylation is 1. The molecule has 138 valence electrons. The zero-order chi connectivity index (χ0) is 19.2. The zero-order valence-electron chi connectivity index (χ0n) is 15.3. The summed E-state index contributed by atoms with van der Waals surface area (Å²) in [5.41, 5.74) is 6.36. The lowest BCUT2D eigenvalue weighted by Crippen LogP contribution is -2.18. The molecule has 0 unspecified atom stereocenters. The molecule has 0 fully saturated rings. The lowest BCUT2D eigenvalue weighted by molar-refractivity contribution is 0.0950. The van der Waals surface area contributed by atoms with Gasteiger partial charge in [-0.15, -0.1) is 0 Å². The van der Waals surface area contributed by atoms with Crippen LogP contribution in [0.5, 0.6) is 11.5 Å². The molecule has 1 heterocycles. The van der Waals surface area contributed by atoms with Crippen LogP contribution in [-0.4, -0.2) is 36.5 Å². The molecule has 7 heteroatoms. The monoisotopic (exact) mass is 364 g/mol. The molecule has 7 nitrogen and oxygen atoms in total. The van der Waals surface area contributed by atoms with Crippen molar-refractivity contribution in [3.8, 4) is 22.8 Å². The van der Waals surface area contributed by atoms with Crippen molar-refractivity contribution in [2.24, 2.45) is 5.10 Å². The Balaban J connectivity index is 1.66. The fourth-order valence-electron chi connectivity index (χ4n) is 2.47. The fourth-order valence-corrected chi connectivity index (χ4v) is 2.47. The molecular formula is C20H20N4O3. The highest BCUT2D eigenvalue weighted by Gasteiger charge is 2.10. The molecule has 1 amide bonds. The number of carbonyl (C=O) groups excluding carboxylic acids is 1. The molecule has 1 aromatic heterocycles. The van der Waals surface area contributed by atoms with Crippen molar-refractivity contribution in [3.05, 3.63) is 65.4 Å². The third-order valence-electron chi connectivity index (χ3n) is 3.96. The SMILES string of the molecule is COc1ccc(/C=N/NC(=O)c2cc(-c3ccc(C)cc3)n[nH]2)cc1OC. The second-order valence-corrected chi connectivity index (χ2v) is 5.85. The maximum atomic E-state index is 12.2. The maximum absolute atomic E-state index is 12.2. The second-order valence-electron chi connectivity index (χ2n) is 5.85. The largest absolute Gasteiger partial charge is 0.493 e. The number of hydrogen-bond acceptors (Lipinski definition) is 5. The first kappa shape index (κ1) is 18.2. The Morgan fingerprint density at radius 3 is 2.52 bits per heavy atom. The third-order valence-corrected chi connectivity index (χ3v) is 3.96. The van der Waals surface area contributed by atoms with Crippen molar-refractivity contribution in [3.63, 3.8) is 0 Å². The fraction of sp³-hybridized carbons (Fsp3) is 0.150. The molecule has 0 aliphatic heterocycles. The first-order chi connectivity index (χ1) is 13.1. The molecule has 0 atom stereocenters. The van der Waals surface area contributed by atoms with E-state index in [-0.39, 0.29) is 5.91 Å². The van der Waals surface area contributed by atoms with Gasteiger partial charge in [0.25, 0.3) is 5.91 Å². The van der Waals surface area contributed by atoms with E-state index in [2.05, 4.69) is 20.7 Å². The van der Waals surface area contributed by atoms with Crippen LogP contribution >= 0.6 is 0 Å². The molecule has 3 rings (SSSR count). The van der Waals surface area contributed by atoms with Crippen molar-refractivity contribution in [1.29, 1.82) is 0 Å². The summed E-state index contributed by atoms with van der Waals surface area (Å²) >= 11 is 0. The number of aromatic amines is 1. The van der Waals surface area contributed by atoms with Gasteiger partial charge in [-0.1, -0.05) is 29.8 Å². The lowest BCUT2D eigenvalue weighted by atomic mass is 10.1. The lowest BCUT2D eigenvalue weighted by Gasteiger charge is -2.07. The van der Waals surface area contributed by atoms with Crippen molar-refractivity contribution >= 4 is 12.1 Å². The maximum Gasteiger partial charge on any atom is 0.289 e. The predicted molar refractivity (Wildman–Crippen MR) is 103 cm³/mol. The summed E-state index contributed by atoms with van der Waals surface area (Å²) in [6, 6.07) is 14.9. The van der Waals surface area contributed by atoms with E-state index in [0.717, 1.165) is 16.7 Å². The molecular weight excluding hydrogens is 344 g/mol. The first-order valence-corrected chi connectivity index (χ1v) is 8.28. The number of benzene rings is 2. The van der Waals surface area contributed by atoms with Gasteiger partial charge in [-0.2, -0.15) is 10.2 Å². The van der Waals surface area contributed by atoms with Gasteiger partial charge in [0.15, 0.2) is 11.5 Å². The number of nitrogens with zero attached hydrogens (tertiary/aromatic N) is 2. The van der Waals surface area contributed by atoms with Crippen LogP contribution in [0.4, 0.5) is 0 Å². The number of nitrogens with one attached hydrogen (secondary N) is 2. The minimum atomic E-state index is -0.377. The molecule has 0 bridgehead atoms. The van der Waals surface area contributed by atoms with E-state index in [1.165, 1.54) is 6.21 Å². The summed E-state index contributed by atoms with van der Waals surface area (Å²) in [5.74, 6) is 0.835. The summed E-state index contributed by atoms with van der Waals surface area (Å²) in [4.78, 5) is 12.2. The normalized spacial score (nSPS) is 10.8. The van der Waals surface area contributed by atoms with Crippen LogP contribution in [0.25, 0.3) is 11.3 Å². The summed E-state index contributed by atoms with van der Waals surface area (Å²) in [6.07, 6.45) is 1.52. The van der Waals surface area contributed by atoms with Crippen molar-refractivity contribution in [2.75, 3.05) is 14.2 Å². The Morgan fingerprint density at radius 2 is 1.81 bits per heavy atom. The Morgan fingerprint density at radius 1 is 1.07 bits per heavy atom. The number of H-pyrrole nitrogens is 1. The molecule has 0 saturated carbocycles. The van der Waals surface area contributed by atoms with Gasteiger partial charge in [0.2, 0.25) is 0 Å². The van der Waals surface area contributed by atoms with E-state index in [4.69, 9.17) is 9.47 Å². The van der Waals surface area contributed by atoms with Gasteiger partial charge in [-0.3, -0.25) is 9.89 Å². The van der Waals surface area contributed by atoms with E-state index in [0.29, 0.717) is 22.9 Å². The van der Waals surface area contributed by atoms with E-state index in [9.17, 15) is 4.79 Å². The van der Waals surface area contributed by atoms with Crippen molar-refractivity contribution in [1.82, 2.24) is 15.6 Å². The van der Waals surface area contributed by atoms with Crippen LogP contribution in [0.3, 0.4) is 0 Å². The van der Waals surface area contributed by atoms with Gasteiger partial charge in [0, 0.05) is 5.56 Å². The second kappa shape index (κ2) is 8.18. The molecule has 0 aliphatic rings. The zero-order valence-corrected chi connectivity index (χ0v) is 15.3. The van der Waals surface area contributed by atoms with E-state index in [1.54, 1.807) is 32.4 Å². The Hall–Kier alpha value is -3.61. The van der Waals surface area contributed by atoms with E-state index in [1.807, 2.05) is 37.3 Å². The number of amides is 1. The Kier molecular flexibility index (Phi) is 5.51. The minimum Gasteiger partial charge on any atom is -0.493 e. The van der Waals surface area contributed by atoms with Crippen LogP contribution in [0.15, 0.2) is 53.6 Å². The molecule has 2 N–H and O–H groups in total. The topological polar surface area (TPSA) is 88.6 Å². The average molecular weight is 364 g/mol. The van der Waals surface area contributed by atoms with Crippen LogP contribution < -0.4 is 14.9 Å². The van der Waals surface area contributed by atoms with E-state index >= 15 is 0 Å². The van der Waals surface area contributed by atoms with Gasteiger partial charge in [0.05, 0.1) is 26.1 Å². The smallest absolute Gasteiger partial charge is 0.289 e. The third kappa shape index (κ3) is 4.33. The summed E-state index contributed by atoms with van der Waals surface area (Å²) in [6.45, 7) is 2.02.